The Labute approximate surface area is 141 Å². The van der Waals surface area contributed by atoms with E-state index in [1.165, 1.54) is 11.3 Å². The van der Waals surface area contributed by atoms with Crippen molar-refractivity contribution in [3.8, 4) is 5.75 Å². The van der Waals surface area contributed by atoms with Gasteiger partial charge in [0, 0.05) is 24.2 Å². The smallest absolute Gasteiger partial charge is 0.263 e. The van der Waals surface area contributed by atoms with Gasteiger partial charge in [0.05, 0.1) is 4.88 Å². The molecule has 1 aliphatic rings. The number of rotatable bonds is 5. The normalized spacial score (nSPS) is 14.6. The molecular formula is C19H21NO2S. The van der Waals surface area contributed by atoms with Crippen LogP contribution in [-0.4, -0.2) is 23.9 Å². The van der Waals surface area contributed by atoms with Crippen LogP contribution in [0.3, 0.4) is 0 Å². The van der Waals surface area contributed by atoms with Crippen LogP contribution in [-0.2, 0) is 6.61 Å². The molecule has 3 nitrogen and oxygen atoms in total. The van der Waals surface area contributed by atoms with Gasteiger partial charge in [-0.1, -0.05) is 30.4 Å². The molecule has 0 spiro atoms. The van der Waals surface area contributed by atoms with E-state index >= 15 is 0 Å². The number of benzene rings is 1. The molecular weight excluding hydrogens is 306 g/mol. The average molecular weight is 327 g/mol. The Morgan fingerprint density at radius 1 is 1.30 bits per heavy atom. The number of carbonyl (C=O) groups excluding carboxylic acids is 1. The summed E-state index contributed by atoms with van der Waals surface area (Å²) >= 11 is 1.51. The molecule has 2 heterocycles. The number of nitrogens with zero attached hydrogens (tertiary/aromatic N) is 1. The van der Waals surface area contributed by atoms with Crippen LogP contribution in [0, 0.1) is 0 Å². The predicted octanol–water partition coefficient (Wildman–Crippen LogP) is 4.60. The van der Waals surface area contributed by atoms with Crippen molar-refractivity contribution in [2.45, 2.75) is 26.4 Å². The van der Waals surface area contributed by atoms with Crippen LogP contribution in [0.15, 0.2) is 41.8 Å². The van der Waals surface area contributed by atoms with Crippen molar-refractivity contribution in [1.29, 1.82) is 0 Å². The Balaban J connectivity index is 1.64. The topological polar surface area (TPSA) is 29.5 Å². The molecule has 2 aromatic rings. The summed E-state index contributed by atoms with van der Waals surface area (Å²) in [7, 11) is 0. The number of ether oxygens (including phenoxy) is 1. The number of para-hydroxylation sites is 1. The second-order valence-electron chi connectivity index (χ2n) is 5.65. The van der Waals surface area contributed by atoms with Crippen LogP contribution in [0.4, 0.5) is 0 Å². The van der Waals surface area contributed by atoms with E-state index in [0.717, 1.165) is 47.7 Å². The fourth-order valence-corrected chi connectivity index (χ4v) is 3.59. The van der Waals surface area contributed by atoms with Crippen molar-refractivity contribution < 1.29 is 9.53 Å². The SMILES string of the molecule is C/C=C/c1ccccc1OCc1csc(C(=O)N2CCCC2)c1. The van der Waals surface area contributed by atoms with Crippen LogP contribution < -0.4 is 4.74 Å². The van der Waals surface area contributed by atoms with Gasteiger partial charge in [0.15, 0.2) is 0 Å². The molecule has 0 unspecified atom stereocenters. The van der Waals surface area contributed by atoms with Gasteiger partial charge in [-0.05, 0) is 37.3 Å². The maximum Gasteiger partial charge on any atom is 0.263 e. The molecule has 0 N–H and O–H groups in total. The van der Waals surface area contributed by atoms with Gasteiger partial charge in [0.1, 0.15) is 12.4 Å². The molecule has 1 fully saturated rings. The Morgan fingerprint density at radius 3 is 2.87 bits per heavy atom. The van der Waals surface area contributed by atoms with E-state index in [1.54, 1.807) is 0 Å². The van der Waals surface area contributed by atoms with Gasteiger partial charge >= 0.3 is 0 Å². The zero-order valence-corrected chi connectivity index (χ0v) is 14.1. The maximum atomic E-state index is 12.4. The molecule has 23 heavy (non-hydrogen) atoms. The molecule has 0 aliphatic carbocycles. The summed E-state index contributed by atoms with van der Waals surface area (Å²) in [5.41, 5.74) is 2.12. The molecule has 0 saturated carbocycles. The molecule has 0 bridgehead atoms. The van der Waals surface area contributed by atoms with Gasteiger partial charge in [-0.3, -0.25) is 4.79 Å². The second-order valence-corrected chi connectivity index (χ2v) is 6.56. The lowest BCUT2D eigenvalue weighted by Crippen LogP contribution is -2.26. The van der Waals surface area contributed by atoms with Crippen LogP contribution in [0.1, 0.15) is 40.6 Å². The lowest BCUT2D eigenvalue weighted by atomic mass is 10.2. The zero-order valence-electron chi connectivity index (χ0n) is 13.3. The Kier molecular flexibility index (Phi) is 5.13. The summed E-state index contributed by atoms with van der Waals surface area (Å²) in [5.74, 6) is 1.03. The quantitative estimate of drug-likeness (QED) is 0.803. The summed E-state index contributed by atoms with van der Waals surface area (Å²) in [6.07, 6.45) is 6.27. The zero-order chi connectivity index (χ0) is 16.1. The van der Waals surface area contributed by atoms with Crippen LogP contribution in [0.5, 0.6) is 5.75 Å². The highest BCUT2D eigenvalue weighted by atomic mass is 32.1. The van der Waals surface area contributed by atoms with Gasteiger partial charge in [-0.25, -0.2) is 0 Å². The monoisotopic (exact) mass is 327 g/mol. The van der Waals surface area contributed by atoms with Crippen molar-refractivity contribution in [2.75, 3.05) is 13.1 Å². The van der Waals surface area contributed by atoms with Crippen molar-refractivity contribution >= 4 is 23.3 Å². The van der Waals surface area contributed by atoms with E-state index in [1.807, 2.05) is 59.7 Å². The predicted molar refractivity (Wildman–Crippen MR) is 94.9 cm³/mol. The molecule has 4 heteroatoms. The largest absolute Gasteiger partial charge is 0.488 e. The summed E-state index contributed by atoms with van der Waals surface area (Å²) < 4.78 is 5.92. The van der Waals surface area contributed by atoms with Gasteiger partial charge < -0.3 is 9.64 Å². The molecule has 0 radical (unpaired) electrons. The van der Waals surface area contributed by atoms with E-state index < -0.39 is 0 Å². The van der Waals surface area contributed by atoms with E-state index in [4.69, 9.17) is 4.74 Å². The van der Waals surface area contributed by atoms with Gasteiger partial charge in [0.25, 0.3) is 5.91 Å². The van der Waals surface area contributed by atoms with Crippen LogP contribution in [0.25, 0.3) is 6.08 Å². The average Bonchev–Trinajstić information content (AvgIpc) is 3.26. The van der Waals surface area contributed by atoms with Gasteiger partial charge in [-0.2, -0.15) is 0 Å². The first-order valence-corrected chi connectivity index (χ1v) is 8.87. The Morgan fingerprint density at radius 2 is 2.09 bits per heavy atom. The van der Waals surface area contributed by atoms with Crippen molar-refractivity contribution in [3.05, 3.63) is 57.8 Å². The minimum atomic E-state index is 0.160. The number of allylic oxidation sites excluding steroid dienone is 1. The third kappa shape index (κ3) is 3.82. The molecule has 1 amide bonds. The minimum absolute atomic E-state index is 0.160. The fourth-order valence-electron chi connectivity index (χ4n) is 2.73. The van der Waals surface area contributed by atoms with Gasteiger partial charge in [0.2, 0.25) is 0 Å². The summed E-state index contributed by atoms with van der Waals surface area (Å²) in [6, 6.07) is 9.94. The third-order valence-corrected chi connectivity index (χ3v) is 4.88. The number of thiophene rings is 1. The highest BCUT2D eigenvalue weighted by Crippen LogP contribution is 2.23. The van der Waals surface area contributed by atoms with Gasteiger partial charge in [-0.15, -0.1) is 11.3 Å². The first-order valence-electron chi connectivity index (χ1n) is 7.99. The molecule has 1 saturated heterocycles. The van der Waals surface area contributed by atoms with E-state index in [-0.39, 0.29) is 5.91 Å². The van der Waals surface area contributed by atoms with Crippen molar-refractivity contribution in [1.82, 2.24) is 4.90 Å². The fraction of sp³-hybridized carbons (Fsp3) is 0.316. The molecule has 1 aliphatic heterocycles. The number of carbonyl (C=O) groups is 1. The number of amides is 1. The number of hydrogen-bond donors (Lipinski definition) is 0. The Hall–Kier alpha value is -2.07. The molecule has 120 valence electrons. The highest BCUT2D eigenvalue weighted by molar-refractivity contribution is 7.12. The number of likely N-dealkylation sites (tertiary alicyclic amines) is 1. The lowest BCUT2D eigenvalue weighted by Gasteiger charge is -2.13. The van der Waals surface area contributed by atoms with E-state index in [2.05, 4.69) is 0 Å². The summed E-state index contributed by atoms with van der Waals surface area (Å²) in [4.78, 5) is 15.1. The lowest BCUT2D eigenvalue weighted by molar-refractivity contribution is 0.0797. The van der Waals surface area contributed by atoms with Crippen LogP contribution in [0.2, 0.25) is 0 Å². The van der Waals surface area contributed by atoms with E-state index in [0.29, 0.717) is 6.61 Å². The number of hydrogen-bond acceptors (Lipinski definition) is 3. The standard InChI is InChI=1S/C19H21NO2S/c1-2-7-16-8-3-4-9-17(16)22-13-15-12-18(23-14-15)19(21)20-10-5-6-11-20/h2-4,7-9,12,14H,5-6,10-11,13H2,1H3/b7-2+. The molecule has 1 aromatic carbocycles. The summed E-state index contributed by atoms with van der Waals surface area (Å²) in [5, 5.41) is 2.02. The van der Waals surface area contributed by atoms with Crippen LogP contribution >= 0.6 is 11.3 Å². The summed E-state index contributed by atoms with van der Waals surface area (Å²) in [6.45, 7) is 4.25. The van der Waals surface area contributed by atoms with E-state index in [9.17, 15) is 4.79 Å². The highest BCUT2D eigenvalue weighted by Gasteiger charge is 2.20. The molecule has 1 aromatic heterocycles. The maximum absolute atomic E-state index is 12.4. The minimum Gasteiger partial charge on any atom is -0.488 e. The molecule has 3 rings (SSSR count). The third-order valence-electron chi connectivity index (χ3n) is 3.92. The van der Waals surface area contributed by atoms with Crippen molar-refractivity contribution in [3.63, 3.8) is 0 Å². The molecule has 0 atom stereocenters. The second kappa shape index (κ2) is 7.47. The first-order chi connectivity index (χ1) is 11.3. The van der Waals surface area contributed by atoms with Crippen molar-refractivity contribution in [2.24, 2.45) is 0 Å². The Bertz CT molecular complexity index is 699. The first kappa shape index (κ1) is 15.8.